The fourth-order valence-electron chi connectivity index (χ4n) is 3.79. The fourth-order valence-corrected chi connectivity index (χ4v) is 4.46. The van der Waals surface area contributed by atoms with Crippen molar-refractivity contribution in [1.29, 1.82) is 5.26 Å². The Kier molecular flexibility index (Phi) is 8.61. The molecule has 6 heteroatoms. The first-order chi connectivity index (χ1) is 14.7. The topological polar surface area (TPSA) is 65.4 Å². The summed E-state index contributed by atoms with van der Waals surface area (Å²) in [5, 5.41) is 11.8. The number of hydrogen-bond acceptors (Lipinski definition) is 5. The molecule has 0 aliphatic carbocycles. The lowest BCUT2D eigenvalue weighted by Gasteiger charge is -2.31. The van der Waals surface area contributed by atoms with Crippen LogP contribution in [0, 0.1) is 17.2 Å². The van der Waals surface area contributed by atoms with Gasteiger partial charge in [-0.2, -0.15) is 5.26 Å². The van der Waals surface area contributed by atoms with E-state index in [4.69, 9.17) is 10.00 Å². The zero-order valence-corrected chi connectivity index (χ0v) is 18.3. The number of amides is 1. The monoisotopic (exact) mass is 423 g/mol. The molecule has 1 N–H and O–H groups in total. The Morgan fingerprint density at radius 2 is 1.93 bits per heavy atom. The van der Waals surface area contributed by atoms with Crippen LogP contribution < -0.4 is 10.1 Å². The molecule has 1 saturated heterocycles. The van der Waals surface area contributed by atoms with Crippen molar-refractivity contribution >= 4 is 23.4 Å². The number of methoxy groups -OCH3 is 1. The van der Waals surface area contributed by atoms with Crippen LogP contribution in [0.5, 0.6) is 5.75 Å². The summed E-state index contributed by atoms with van der Waals surface area (Å²) in [4.78, 5) is 15.7. The van der Waals surface area contributed by atoms with Gasteiger partial charge in [0.05, 0.1) is 31.2 Å². The molecule has 1 aliphatic heterocycles. The number of anilines is 1. The third kappa shape index (κ3) is 6.79. The Labute approximate surface area is 183 Å². The molecule has 0 saturated carbocycles. The molecular weight excluding hydrogens is 394 g/mol. The normalized spacial score (nSPS) is 14.8. The highest BCUT2D eigenvalue weighted by Gasteiger charge is 2.21. The molecule has 0 unspecified atom stereocenters. The molecule has 1 heterocycles. The lowest BCUT2D eigenvalue weighted by Crippen LogP contribution is -2.39. The van der Waals surface area contributed by atoms with Crippen LogP contribution in [0.3, 0.4) is 0 Å². The summed E-state index contributed by atoms with van der Waals surface area (Å²) in [5.74, 6) is 2.00. The van der Waals surface area contributed by atoms with Crippen molar-refractivity contribution in [3.8, 4) is 11.8 Å². The molecule has 0 atom stereocenters. The molecule has 0 radical (unpaired) electrons. The summed E-state index contributed by atoms with van der Waals surface area (Å²) in [5.41, 5.74) is 2.14. The number of rotatable bonds is 9. The summed E-state index contributed by atoms with van der Waals surface area (Å²) >= 11 is 1.44. The van der Waals surface area contributed by atoms with Gasteiger partial charge in [-0.15, -0.1) is 11.8 Å². The van der Waals surface area contributed by atoms with Gasteiger partial charge in [0, 0.05) is 4.90 Å². The highest BCUT2D eigenvalue weighted by Crippen LogP contribution is 2.27. The Hall–Kier alpha value is -2.49. The second kappa shape index (κ2) is 11.6. The number of piperidine rings is 1. The molecule has 2 aromatic rings. The van der Waals surface area contributed by atoms with E-state index in [2.05, 4.69) is 28.4 Å². The van der Waals surface area contributed by atoms with E-state index < -0.39 is 0 Å². The Balaban J connectivity index is 1.40. The van der Waals surface area contributed by atoms with Gasteiger partial charge >= 0.3 is 0 Å². The van der Waals surface area contributed by atoms with E-state index >= 15 is 0 Å². The molecule has 0 aromatic heterocycles. The molecule has 1 amide bonds. The second-order valence-corrected chi connectivity index (χ2v) is 8.61. The number of aryl methyl sites for hydroxylation is 1. The van der Waals surface area contributed by atoms with Gasteiger partial charge in [0.1, 0.15) is 5.75 Å². The van der Waals surface area contributed by atoms with Crippen molar-refractivity contribution in [2.45, 2.75) is 30.6 Å². The molecular formula is C24H29N3O2S. The molecule has 1 aliphatic rings. The third-order valence-electron chi connectivity index (χ3n) is 5.53. The van der Waals surface area contributed by atoms with Gasteiger partial charge < -0.3 is 10.1 Å². The van der Waals surface area contributed by atoms with E-state index in [9.17, 15) is 4.79 Å². The van der Waals surface area contributed by atoms with Crippen LogP contribution >= 0.6 is 11.8 Å². The zero-order chi connectivity index (χ0) is 21.2. The lowest BCUT2D eigenvalue weighted by atomic mass is 9.90. The maximum Gasteiger partial charge on any atom is 0.238 e. The average molecular weight is 424 g/mol. The molecule has 3 rings (SSSR count). The number of thioether (sulfide) groups is 1. The van der Waals surface area contributed by atoms with Gasteiger partial charge in [-0.05, 0) is 74.5 Å². The average Bonchev–Trinajstić information content (AvgIpc) is 2.78. The number of nitrogens with zero attached hydrogens (tertiary/aromatic N) is 2. The summed E-state index contributed by atoms with van der Waals surface area (Å²) in [6, 6.07) is 18.1. The van der Waals surface area contributed by atoms with E-state index in [1.165, 1.54) is 23.7 Å². The predicted molar refractivity (Wildman–Crippen MR) is 122 cm³/mol. The fraction of sp³-hybridized carbons (Fsp3) is 0.417. The SMILES string of the molecule is COc1ccc(CCC2CCN(CC(=O)Nc3ccccc3SCC#N)CC2)cc1. The number of nitrogens with one attached hydrogen (secondary N) is 1. The van der Waals surface area contributed by atoms with E-state index in [0.29, 0.717) is 12.3 Å². The van der Waals surface area contributed by atoms with Gasteiger partial charge in [0.25, 0.3) is 0 Å². The molecule has 0 bridgehead atoms. The maximum absolute atomic E-state index is 12.5. The third-order valence-corrected chi connectivity index (χ3v) is 6.47. The number of likely N-dealkylation sites (tertiary alicyclic amines) is 1. The van der Waals surface area contributed by atoms with Crippen molar-refractivity contribution in [2.24, 2.45) is 5.92 Å². The van der Waals surface area contributed by atoms with Gasteiger partial charge in [-0.3, -0.25) is 9.69 Å². The highest BCUT2D eigenvalue weighted by atomic mass is 32.2. The molecule has 0 spiro atoms. The van der Waals surface area contributed by atoms with Crippen molar-refractivity contribution in [3.63, 3.8) is 0 Å². The van der Waals surface area contributed by atoms with E-state index in [1.54, 1.807) is 7.11 Å². The second-order valence-electron chi connectivity index (χ2n) is 7.60. The first-order valence-electron chi connectivity index (χ1n) is 10.4. The Morgan fingerprint density at radius 3 is 2.63 bits per heavy atom. The van der Waals surface area contributed by atoms with Crippen LogP contribution in [-0.2, 0) is 11.2 Å². The minimum Gasteiger partial charge on any atom is -0.497 e. The molecule has 1 fully saturated rings. The summed E-state index contributed by atoms with van der Waals surface area (Å²) in [7, 11) is 1.69. The number of para-hydroxylation sites is 1. The smallest absolute Gasteiger partial charge is 0.238 e. The van der Waals surface area contributed by atoms with Crippen molar-refractivity contribution in [1.82, 2.24) is 4.90 Å². The van der Waals surface area contributed by atoms with Crippen molar-refractivity contribution in [3.05, 3.63) is 54.1 Å². The molecule has 30 heavy (non-hydrogen) atoms. The van der Waals surface area contributed by atoms with Crippen LogP contribution in [0.15, 0.2) is 53.4 Å². The number of ether oxygens (including phenoxy) is 1. The highest BCUT2D eigenvalue weighted by molar-refractivity contribution is 7.99. The zero-order valence-electron chi connectivity index (χ0n) is 17.5. The standard InChI is InChI=1S/C24H29N3O2S/c1-29-21-10-8-19(9-11-21)6-7-20-12-15-27(16-13-20)18-24(28)26-22-4-2-3-5-23(22)30-17-14-25/h2-5,8-11,20H,6-7,12-13,15-18H2,1H3,(H,26,28). The predicted octanol–water partition coefficient (Wildman–Crippen LogP) is 4.59. The van der Waals surface area contributed by atoms with Gasteiger partial charge in [-0.25, -0.2) is 0 Å². The number of hydrogen-bond donors (Lipinski definition) is 1. The van der Waals surface area contributed by atoms with E-state index in [-0.39, 0.29) is 5.91 Å². The largest absolute Gasteiger partial charge is 0.497 e. The molecule has 2 aromatic carbocycles. The molecule has 5 nitrogen and oxygen atoms in total. The van der Waals surface area contributed by atoms with E-state index in [1.807, 2.05) is 36.4 Å². The van der Waals surface area contributed by atoms with Crippen molar-refractivity contribution < 1.29 is 9.53 Å². The maximum atomic E-state index is 12.5. The van der Waals surface area contributed by atoms with Crippen LogP contribution in [0.4, 0.5) is 5.69 Å². The minimum atomic E-state index is 0.0108. The number of carbonyl (C=O) groups is 1. The van der Waals surface area contributed by atoms with Crippen LogP contribution in [0.1, 0.15) is 24.8 Å². The number of carbonyl (C=O) groups excluding carboxylic acids is 1. The van der Waals surface area contributed by atoms with Crippen LogP contribution in [0.2, 0.25) is 0 Å². The van der Waals surface area contributed by atoms with Gasteiger partial charge in [0.2, 0.25) is 5.91 Å². The van der Waals surface area contributed by atoms with Crippen LogP contribution in [-0.4, -0.2) is 43.3 Å². The van der Waals surface area contributed by atoms with Gasteiger partial charge in [0.15, 0.2) is 0 Å². The Bertz CT molecular complexity index is 855. The molecule has 158 valence electrons. The first kappa shape index (κ1) is 22.2. The number of benzene rings is 2. The van der Waals surface area contributed by atoms with Crippen LogP contribution in [0.25, 0.3) is 0 Å². The summed E-state index contributed by atoms with van der Waals surface area (Å²) in [6.45, 7) is 2.35. The summed E-state index contributed by atoms with van der Waals surface area (Å²) < 4.78 is 5.22. The lowest BCUT2D eigenvalue weighted by molar-refractivity contribution is -0.117. The number of nitriles is 1. The quantitative estimate of drug-likeness (QED) is 0.598. The summed E-state index contributed by atoms with van der Waals surface area (Å²) in [6.07, 6.45) is 4.55. The van der Waals surface area contributed by atoms with E-state index in [0.717, 1.165) is 54.6 Å². The van der Waals surface area contributed by atoms with Gasteiger partial charge in [-0.1, -0.05) is 24.3 Å². The Morgan fingerprint density at radius 1 is 1.20 bits per heavy atom. The van der Waals surface area contributed by atoms with Crippen molar-refractivity contribution in [2.75, 3.05) is 37.8 Å². The first-order valence-corrected chi connectivity index (χ1v) is 11.4. The minimum absolute atomic E-state index is 0.0108.